The van der Waals surface area contributed by atoms with Crippen LogP contribution in [0.25, 0.3) is 5.69 Å². The maximum absolute atomic E-state index is 13.8. The van der Waals surface area contributed by atoms with Crippen molar-refractivity contribution in [1.29, 1.82) is 0 Å². The van der Waals surface area contributed by atoms with Crippen molar-refractivity contribution in [2.24, 2.45) is 0 Å². The number of nitrogens with zero attached hydrogens (tertiary/aromatic N) is 2. The maximum atomic E-state index is 13.8. The average Bonchev–Trinajstić information content (AvgIpc) is 3.17. The minimum Gasteiger partial charge on any atom is -0.493 e. The van der Waals surface area contributed by atoms with Gasteiger partial charge in [-0.3, -0.25) is 4.79 Å². The molecule has 0 aliphatic heterocycles. The smallest absolute Gasteiger partial charge is 0.363 e. The van der Waals surface area contributed by atoms with Crippen LogP contribution in [0.2, 0.25) is 0 Å². The predicted octanol–water partition coefficient (Wildman–Crippen LogP) is 3.19. The number of nitrogens with one attached hydrogen (secondary N) is 1. The number of aromatic nitrogens is 2. The van der Waals surface area contributed by atoms with Crippen LogP contribution in [0.1, 0.15) is 29.0 Å². The topological polar surface area (TPSA) is 82.5 Å². The van der Waals surface area contributed by atoms with E-state index in [2.05, 4.69) is 10.4 Å². The van der Waals surface area contributed by atoms with Gasteiger partial charge in [0, 0.05) is 11.6 Å². The third-order valence-electron chi connectivity index (χ3n) is 4.26. The lowest BCUT2D eigenvalue weighted by Crippen LogP contribution is -2.31. The van der Waals surface area contributed by atoms with E-state index in [9.17, 15) is 18.4 Å². The molecule has 0 aliphatic carbocycles. The zero-order valence-corrected chi connectivity index (χ0v) is 16.3. The Balaban J connectivity index is 1.62. The summed E-state index contributed by atoms with van der Waals surface area (Å²) < 4.78 is 38.4. The number of amides is 1. The second-order valence-electron chi connectivity index (χ2n) is 6.36. The minimum absolute atomic E-state index is 0.0909. The van der Waals surface area contributed by atoms with Gasteiger partial charge in [-0.2, -0.15) is 5.10 Å². The highest BCUT2D eigenvalue weighted by Gasteiger charge is 2.22. The molecule has 0 saturated carbocycles. The lowest BCUT2D eigenvalue weighted by atomic mass is 10.1. The van der Waals surface area contributed by atoms with Crippen molar-refractivity contribution in [2.45, 2.75) is 13.0 Å². The second-order valence-corrected chi connectivity index (χ2v) is 6.36. The van der Waals surface area contributed by atoms with E-state index >= 15 is 0 Å². The van der Waals surface area contributed by atoms with Crippen LogP contribution in [0.15, 0.2) is 54.7 Å². The highest BCUT2D eigenvalue weighted by atomic mass is 19.1. The van der Waals surface area contributed by atoms with Crippen molar-refractivity contribution in [3.8, 4) is 11.4 Å². The first-order valence-corrected chi connectivity index (χ1v) is 8.99. The molecule has 0 radical (unpaired) electrons. The van der Waals surface area contributed by atoms with Crippen LogP contribution in [-0.4, -0.2) is 35.4 Å². The van der Waals surface area contributed by atoms with Gasteiger partial charge in [-0.05, 0) is 25.1 Å². The Bertz CT molecular complexity index is 1050. The number of hydrogen-bond donors (Lipinski definition) is 1. The van der Waals surface area contributed by atoms with Gasteiger partial charge in [0.1, 0.15) is 11.6 Å². The quantitative estimate of drug-likeness (QED) is 0.600. The van der Waals surface area contributed by atoms with Gasteiger partial charge in [-0.25, -0.2) is 18.3 Å². The first-order chi connectivity index (χ1) is 14.4. The van der Waals surface area contributed by atoms with Gasteiger partial charge < -0.3 is 14.8 Å². The molecule has 156 valence electrons. The van der Waals surface area contributed by atoms with Crippen molar-refractivity contribution in [1.82, 2.24) is 15.1 Å². The number of para-hydroxylation sites is 1. The summed E-state index contributed by atoms with van der Waals surface area (Å²) in [4.78, 5) is 24.4. The lowest BCUT2D eigenvalue weighted by molar-refractivity contribution is -0.124. The summed E-state index contributed by atoms with van der Waals surface area (Å²) in [6, 6.07) is 11.4. The Morgan fingerprint density at radius 2 is 1.90 bits per heavy atom. The number of halogens is 2. The number of benzene rings is 2. The molecule has 1 atom stereocenters. The van der Waals surface area contributed by atoms with Gasteiger partial charge >= 0.3 is 5.97 Å². The summed E-state index contributed by atoms with van der Waals surface area (Å²) in [5, 5.41) is 6.65. The molecule has 9 heteroatoms. The Morgan fingerprint density at radius 1 is 1.17 bits per heavy atom. The summed E-state index contributed by atoms with van der Waals surface area (Å²) in [5.74, 6) is -2.81. The van der Waals surface area contributed by atoms with E-state index in [4.69, 9.17) is 9.47 Å². The molecule has 1 heterocycles. The van der Waals surface area contributed by atoms with E-state index in [-0.39, 0.29) is 17.0 Å². The standard InChI is InChI=1S/C21H19F2N3O4/c1-13(16-9-8-14(22)10-17(16)23)24-19(27)12-30-21(28)20-18(29-2)11-26(25-20)15-6-4-3-5-7-15/h3-11,13H,12H2,1-2H3,(H,24,27)/t13-/m1/s1. The highest BCUT2D eigenvalue weighted by molar-refractivity contribution is 5.92. The van der Waals surface area contributed by atoms with Crippen LogP contribution in [0, 0.1) is 11.6 Å². The van der Waals surface area contributed by atoms with E-state index in [1.807, 2.05) is 18.2 Å². The molecule has 0 unspecified atom stereocenters. The summed E-state index contributed by atoms with van der Waals surface area (Å²) in [7, 11) is 1.38. The molecule has 1 amide bonds. The molecule has 3 rings (SSSR count). The van der Waals surface area contributed by atoms with Crippen molar-refractivity contribution >= 4 is 11.9 Å². The highest BCUT2D eigenvalue weighted by Crippen LogP contribution is 2.21. The van der Waals surface area contributed by atoms with Crippen LogP contribution in [0.4, 0.5) is 8.78 Å². The number of esters is 1. The van der Waals surface area contributed by atoms with Crippen molar-refractivity contribution in [3.05, 3.63) is 77.6 Å². The number of carbonyl (C=O) groups excluding carboxylic acids is 2. The van der Waals surface area contributed by atoms with Gasteiger partial charge in [0.2, 0.25) is 5.69 Å². The molecule has 2 aromatic carbocycles. The summed E-state index contributed by atoms with van der Waals surface area (Å²) in [6.45, 7) is 0.925. The number of rotatable bonds is 7. The molecule has 0 spiro atoms. The Labute approximate surface area is 171 Å². The van der Waals surface area contributed by atoms with Gasteiger partial charge in [-0.15, -0.1) is 0 Å². The van der Waals surface area contributed by atoms with E-state index < -0.39 is 36.2 Å². The van der Waals surface area contributed by atoms with Gasteiger partial charge in [-0.1, -0.05) is 24.3 Å². The summed E-state index contributed by atoms with van der Waals surface area (Å²) in [6.07, 6.45) is 1.52. The number of ether oxygens (including phenoxy) is 2. The van der Waals surface area contributed by atoms with Crippen LogP contribution in [-0.2, 0) is 9.53 Å². The molecule has 3 aromatic rings. The molecule has 7 nitrogen and oxygen atoms in total. The fourth-order valence-electron chi connectivity index (χ4n) is 2.77. The van der Waals surface area contributed by atoms with Gasteiger partial charge in [0.25, 0.3) is 5.91 Å². The molecule has 0 fully saturated rings. The van der Waals surface area contributed by atoms with Crippen molar-refractivity contribution in [3.63, 3.8) is 0 Å². The third-order valence-corrected chi connectivity index (χ3v) is 4.26. The number of carbonyl (C=O) groups is 2. The first-order valence-electron chi connectivity index (χ1n) is 8.99. The fourth-order valence-corrected chi connectivity index (χ4v) is 2.77. The molecule has 0 saturated heterocycles. The summed E-state index contributed by atoms with van der Waals surface area (Å²) in [5.41, 5.74) is 0.730. The number of methoxy groups -OCH3 is 1. The van der Waals surface area contributed by atoms with E-state index in [0.717, 1.165) is 12.1 Å². The molecular formula is C21H19F2N3O4. The van der Waals surface area contributed by atoms with E-state index in [0.29, 0.717) is 5.69 Å². The van der Waals surface area contributed by atoms with E-state index in [1.54, 1.807) is 12.1 Å². The van der Waals surface area contributed by atoms with Gasteiger partial charge in [0.15, 0.2) is 12.4 Å². The monoisotopic (exact) mass is 415 g/mol. The predicted molar refractivity (Wildman–Crippen MR) is 103 cm³/mol. The fraction of sp³-hybridized carbons (Fsp3) is 0.190. The molecule has 1 N–H and O–H groups in total. The largest absolute Gasteiger partial charge is 0.493 e. The molecule has 30 heavy (non-hydrogen) atoms. The average molecular weight is 415 g/mol. The normalized spacial score (nSPS) is 11.6. The van der Waals surface area contributed by atoms with Crippen LogP contribution < -0.4 is 10.1 Å². The Morgan fingerprint density at radius 3 is 2.57 bits per heavy atom. The molecule has 0 aliphatic rings. The van der Waals surface area contributed by atoms with E-state index in [1.165, 1.54) is 31.0 Å². The van der Waals surface area contributed by atoms with Crippen molar-refractivity contribution in [2.75, 3.05) is 13.7 Å². The third kappa shape index (κ3) is 4.80. The van der Waals surface area contributed by atoms with Crippen LogP contribution in [0.3, 0.4) is 0 Å². The lowest BCUT2D eigenvalue weighted by Gasteiger charge is -2.15. The Kier molecular flexibility index (Phi) is 6.41. The van der Waals surface area contributed by atoms with Crippen molar-refractivity contribution < 1.29 is 27.8 Å². The van der Waals surface area contributed by atoms with Crippen LogP contribution in [0.5, 0.6) is 5.75 Å². The van der Waals surface area contributed by atoms with Crippen LogP contribution >= 0.6 is 0 Å². The Hall–Kier alpha value is -3.75. The molecule has 0 bridgehead atoms. The van der Waals surface area contributed by atoms with Gasteiger partial charge in [0.05, 0.1) is 25.0 Å². The first kappa shape index (κ1) is 21.0. The SMILES string of the molecule is COc1cn(-c2ccccc2)nc1C(=O)OCC(=O)N[C@H](C)c1ccc(F)cc1F. The minimum atomic E-state index is -0.850. The molecular weight excluding hydrogens is 396 g/mol. The molecule has 1 aromatic heterocycles. The zero-order valence-electron chi connectivity index (χ0n) is 16.3. The zero-order chi connectivity index (χ0) is 21.7. The maximum Gasteiger partial charge on any atom is 0.363 e. The summed E-state index contributed by atoms with van der Waals surface area (Å²) >= 11 is 0. The second kappa shape index (κ2) is 9.17. The number of hydrogen-bond acceptors (Lipinski definition) is 5.